The molecule has 2 amide bonds. The first-order valence-corrected chi connectivity index (χ1v) is 9.54. The average molecular weight is 418 g/mol. The van der Waals surface area contributed by atoms with E-state index >= 15 is 0 Å². The monoisotopic (exact) mass is 418 g/mol. The molecule has 2 atom stereocenters. The zero-order chi connectivity index (χ0) is 19.8. The number of fused-ring (bicyclic) bond motifs is 1. The van der Waals surface area contributed by atoms with E-state index in [9.17, 15) is 33.0 Å². The van der Waals surface area contributed by atoms with E-state index in [2.05, 4.69) is 5.32 Å². The van der Waals surface area contributed by atoms with Gasteiger partial charge in [0.15, 0.2) is 21.8 Å². The SMILES string of the molecule is O=C(COc1ccccc1)N[C@H]1C(=O)N2C(C(=O)[O-])=C(CO)CS(=O)(=O)[C@@H]12.[Na+]. The first kappa shape index (κ1) is 22.4. The van der Waals surface area contributed by atoms with Gasteiger partial charge in [0.1, 0.15) is 11.8 Å². The Morgan fingerprint density at radius 3 is 2.50 bits per heavy atom. The molecule has 0 aromatic heterocycles. The Morgan fingerprint density at radius 1 is 1.29 bits per heavy atom. The number of amides is 2. The smallest absolute Gasteiger partial charge is 0.543 e. The van der Waals surface area contributed by atoms with Crippen LogP contribution in [0.15, 0.2) is 41.6 Å². The standard InChI is InChI=1S/C16H16N2O8S.Na/c19-6-9-8-27(24,25)15-12(14(21)18(15)13(9)16(22)23)17-11(20)7-26-10-4-2-1-3-5-10;/h1-5,12,15,19H,6-8H2,(H,17,20)(H,22,23);/q;+1/p-1/t12-,15-;/m0./s1. The van der Waals surface area contributed by atoms with E-state index in [4.69, 9.17) is 4.74 Å². The van der Waals surface area contributed by atoms with Crippen LogP contribution in [-0.2, 0) is 24.2 Å². The van der Waals surface area contributed by atoms with Crippen LogP contribution >= 0.6 is 0 Å². The summed E-state index contributed by atoms with van der Waals surface area (Å²) < 4.78 is 29.9. The number of carbonyl (C=O) groups excluding carboxylic acids is 3. The van der Waals surface area contributed by atoms with Crippen molar-refractivity contribution in [2.45, 2.75) is 11.4 Å². The number of aliphatic carboxylic acids is 1. The minimum Gasteiger partial charge on any atom is -0.543 e. The molecule has 28 heavy (non-hydrogen) atoms. The number of sulfone groups is 1. The molecule has 144 valence electrons. The largest absolute Gasteiger partial charge is 1.00 e. The molecule has 1 fully saturated rings. The number of hydrogen-bond donors (Lipinski definition) is 2. The summed E-state index contributed by atoms with van der Waals surface area (Å²) in [6.07, 6.45) is 0. The molecule has 1 saturated heterocycles. The number of nitrogens with zero attached hydrogens (tertiary/aromatic N) is 1. The van der Waals surface area contributed by atoms with Crippen molar-refractivity contribution in [3.63, 3.8) is 0 Å². The molecule has 0 radical (unpaired) electrons. The Hall–Kier alpha value is -1.92. The van der Waals surface area contributed by atoms with Gasteiger partial charge in [-0.3, -0.25) is 14.5 Å². The predicted octanol–water partition coefficient (Wildman–Crippen LogP) is -5.85. The molecule has 2 aliphatic heterocycles. The predicted molar refractivity (Wildman–Crippen MR) is 87.4 cm³/mol. The summed E-state index contributed by atoms with van der Waals surface area (Å²) in [6, 6.07) is 6.94. The maximum absolute atomic E-state index is 12.4. The number of carbonyl (C=O) groups is 3. The fourth-order valence-corrected chi connectivity index (χ4v) is 5.03. The van der Waals surface area contributed by atoms with Gasteiger partial charge in [0.2, 0.25) is 0 Å². The molecular weight excluding hydrogens is 403 g/mol. The van der Waals surface area contributed by atoms with Crippen molar-refractivity contribution >= 4 is 27.6 Å². The number of nitrogens with one attached hydrogen (secondary N) is 1. The molecule has 1 aromatic rings. The molecule has 0 saturated carbocycles. The number of benzene rings is 1. The van der Waals surface area contributed by atoms with Crippen LogP contribution in [0.4, 0.5) is 0 Å². The van der Waals surface area contributed by atoms with E-state index in [-0.39, 0.29) is 35.1 Å². The molecule has 0 bridgehead atoms. The fraction of sp³-hybridized carbons (Fsp3) is 0.312. The topological polar surface area (TPSA) is 153 Å². The van der Waals surface area contributed by atoms with Crippen molar-refractivity contribution in [3.8, 4) is 5.75 Å². The molecule has 2 N–H and O–H groups in total. The third-order valence-corrected chi connectivity index (χ3v) is 6.15. The third kappa shape index (κ3) is 4.08. The summed E-state index contributed by atoms with van der Waals surface area (Å²) >= 11 is 0. The van der Waals surface area contributed by atoms with Crippen LogP contribution in [0.2, 0.25) is 0 Å². The number of carboxylic acid groups (broad SMARTS) is 1. The van der Waals surface area contributed by atoms with E-state index in [1.54, 1.807) is 30.3 Å². The zero-order valence-corrected chi connectivity index (χ0v) is 17.6. The van der Waals surface area contributed by atoms with E-state index in [0.717, 1.165) is 0 Å². The molecular formula is C16H15N2NaO8S. The van der Waals surface area contributed by atoms with Crippen molar-refractivity contribution in [2.75, 3.05) is 19.0 Å². The molecule has 1 aromatic carbocycles. The number of hydrogen-bond acceptors (Lipinski definition) is 8. The molecule has 10 nitrogen and oxygen atoms in total. The molecule has 2 heterocycles. The molecule has 0 aliphatic carbocycles. The van der Waals surface area contributed by atoms with Crippen LogP contribution < -0.4 is 44.7 Å². The number of ether oxygens (including phenoxy) is 1. The number of aliphatic hydroxyl groups excluding tert-OH is 1. The van der Waals surface area contributed by atoms with E-state index in [0.29, 0.717) is 10.6 Å². The van der Waals surface area contributed by atoms with Gasteiger partial charge in [-0.1, -0.05) is 18.2 Å². The maximum atomic E-state index is 12.4. The van der Waals surface area contributed by atoms with Crippen molar-refractivity contribution in [3.05, 3.63) is 41.6 Å². The average Bonchev–Trinajstić information content (AvgIpc) is 2.63. The van der Waals surface area contributed by atoms with Gasteiger partial charge in [-0.25, -0.2) is 8.42 Å². The maximum Gasteiger partial charge on any atom is 1.00 e. The third-order valence-electron chi connectivity index (χ3n) is 4.18. The quantitative estimate of drug-likeness (QED) is 0.342. The minimum atomic E-state index is -4.01. The van der Waals surface area contributed by atoms with E-state index in [1.807, 2.05) is 0 Å². The van der Waals surface area contributed by atoms with Crippen molar-refractivity contribution in [1.82, 2.24) is 10.2 Å². The molecule has 2 aliphatic rings. The first-order chi connectivity index (χ1) is 12.8. The number of para-hydroxylation sites is 1. The second-order valence-electron chi connectivity index (χ2n) is 5.95. The number of rotatable bonds is 6. The van der Waals surface area contributed by atoms with Crippen LogP contribution in [0.3, 0.4) is 0 Å². The second kappa shape index (κ2) is 8.62. The van der Waals surface area contributed by atoms with Gasteiger partial charge in [0.25, 0.3) is 11.8 Å². The van der Waals surface area contributed by atoms with Gasteiger partial charge < -0.3 is 25.1 Å². The number of β-lactam (4-membered cyclic amide) rings is 1. The second-order valence-corrected chi connectivity index (χ2v) is 8.05. The van der Waals surface area contributed by atoms with Crippen molar-refractivity contribution in [2.24, 2.45) is 0 Å². The summed E-state index contributed by atoms with van der Waals surface area (Å²) in [5, 5.41) is 21.2. The Balaban J connectivity index is 0.00000280. The molecule has 12 heteroatoms. The Morgan fingerprint density at radius 2 is 1.93 bits per heavy atom. The minimum absolute atomic E-state index is 0. The van der Waals surface area contributed by atoms with Crippen LogP contribution in [0, 0.1) is 0 Å². The Labute approximate surface area is 182 Å². The van der Waals surface area contributed by atoms with E-state index < -0.39 is 63.7 Å². The van der Waals surface area contributed by atoms with Gasteiger partial charge in [-0.2, -0.15) is 0 Å². The van der Waals surface area contributed by atoms with Crippen molar-refractivity contribution < 1.29 is 67.3 Å². The molecule has 0 unspecified atom stereocenters. The van der Waals surface area contributed by atoms with Crippen LogP contribution in [0.1, 0.15) is 0 Å². The van der Waals surface area contributed by atoms with Crippen LogP contribution in [0.5, 0.6) is 5.75 Å². The van der Waals surface area contributed by atoms with E-state index in [1.165, 1.54) is 0 Å². The summed E-state index contributed by atoms with van der Waals surface area (Å²) in [5.41, 5.74) is -1.01. The van der Waals surface area contributed by atoms with Gasteiger partial charge in [0.05, 0.1) is 24.0 Å². The number of aliphatic hydroxyl groups is 1. The number of carboxylic acids is 1. The molecule has 3 rings (SSSR count). The van der Waals surface area contributed by atoms with Crippen LogP contribution in [0.25, 0.3) is 0 Å². The summed E-state index contributed by atoms with van der Waals surface area (Å²) in [5.74, 6) is -3.76. The Bertz CT molecular complexity index is 931. The summed E-state index contributed by atoms with van der Waals surface area (Å²) in [7, 11) is -4.01. The first-order valence-electron chi connectivity index (χ1n) is 7.82. The van der Waals surface area contributed by atoms with Crippen LogP contribution in [-0.4, -0.2) is 66.6 Å². The fourth-order valence-electron chi connectivity index (χ4n) is 3.01. The van der Waals surface area contributed by atoms with Crippen molar-refractivity contribution in [1.29, 1.82) is 0 Å². The molecule has 0 spiro atoms. The van der Waals surface area contributed by atoms with Gasteiger partial charge in [-0.15, -0.1) is 0 Å². The zero-order valence-electron chi connectivity index (χ0n) is 14.8. The van der Waals surface area contributed by atoms with Gasteiger partial charge in [0, 0.05) is 0 Å². The normalized spacial score (nSPS) is 22.5. The van der Waals surface area contributed by atoms with Gasteiger partial charge >= 0.3 is 29.6 Å². The van der Waals surface area contributed by atoms with Gasteiger partial charge in [-0.05, 0) is 17.7 Å². The summed E-state index contributed by atoms with van der Waals surface area (Å²) in [4.78, 5) is 36.1. The summed E-state index contributed by atoms with van der Waals surface area (Å²) in [6.45, 7) is -1.30. The Kier molecular flexibility index (Phi) is 6.88.